The van der Waals surface area contributed by atoms with Crippen molar-refractivity contribution in [2.75, 3.05) is 0 Å². The SMILES string of the molecule is Cc1cccn2c(=O)c(-c3cccc(-c4cc(C(F)(F)F)ccc4F)c3)c(O)[n+](CC3=CNC(Cl)S3)c12. The molecule has 190 valence electrons. The highest BCUT2D eigenvalue weighted by molar-refractivity contribution is 8.04. The summed E-state index contributed by atoms with van der Waals surface area (Å²) in [7, 11) is 0. The topological polar surface area (TPSA) is 57.6 Å². The molecule has 0 saturated heterocycles. The molecule has 0 bridgehead atoms. The van der Waals surface area contributed by atoms with Gasteiger partial charge in [-0.05, 0) is 54.4 Å². The lowest BCUT2D eigenvalue weighted by Crippen LogP contribution is -2.42. The van der Waals surface area contributed by atoms with E-state index >= 15 is 0 Å². The zero-order valence-electron chi connectivity index (χ0n) is 19.2. The number of aryl methyl sites for hydroxylation is 1. The lowest BCUT2D eigenvalue weighted by Gasteiger charge is -2.13. The molecule has 0 amide bonds. The number of halogens is 5. The number of nitrogens with one attached hydrogen (secondary N) is 1. The first-order valence-corrected chi connectivity index (χ1v) is 12.4. The van der Waals surface area contributed by atoms with Gasteiger partial charge in [-0.25, -0.2) is 9.18 Å². The second-order valence-corrected chi connectivity index (χ2v) is 10.4. The van der Waals surface area contributed by atoms with Crippen molar-refractivity contribution in [2.24, 2.45) is 0 Å². The molecule has 2 aromatic carbocycles. The van der Waals surface area contributed by atoms with Crippen LogP contribution in [0.4, 0.5) is 17.6 Å². The normalized spacial score (nSPS) is 15.6. The van der Waals surface area contributed by atoms with E-state index in [1.165, 1.54) is 40.4 Å². The highest BCUT2D eigenvalue weighted by Gasteiger charge is 2.32. The number of aromatic hydroxyl groups is 1. The summed E-state index contributed by atoms with van der Waals surface area (Å²) in [4.78, 5) is 14.0. The van der Waals surface area contributed by atoms with Gasteiger partial charge in [-0.2, -0.15) is 22.1 Å². The monoisotopic (exact) mass is 548 g/mol. The third kappa shape index (κ3) is 4.67. The van der Waals surface area contributed by atoms with Gasteiger partial charge < -0.3 is 10.4 Å². The average molecular weight is 549 g/mol. The summed E-state index contributed by atoms with van der Waals surface area (Å²) in [6, 6.07) is 11.5. The molecule has 1 atom stereocenters. The molecule has 0 fully saturated rings. The molecule has 5 nitrogen and oxygen atoms in total. The molecule has 4 aromatic rings. The van der Waals surface area contributed by atoms with Crippen molar-refractivity contribution in [1.29, 1.82) is 0 Å². The Kier molecular flexibility index (Phi) is 6.41. The van der Waals surface area contributed by atoms with Gasteiger partial charge in [0.25, 0.3) is 11.5 Å². The van der Waals surface area contributed by atoms with Crippen LogP contribution in [0.3, 0.4) is 0 Å². The maximum absolute atomic E-state index is 14.6. The Hall–Kier alpha value is -3.50. The Morgan fingerprint density at radius 2 is 1.89 bits per heavy atom. The molecule has 1 aliphatic heterocycles. The molecule has 3 heterocycles. The number of rotatable bonds is 4. The molecule has 5 rings (SSSR count). The Morgan fingerprint density at radius 1 is 1.14 bits per heavy atom. The molecule has 0 aliphatic carbocycles. The van der Waals surface area contributed by atoms with E-state index in [9.17, 15) is 27.5 Å². The number of aromatic nitrogens is 2. The van der Waals surface area contributed by atoms with Crippen molar-refractivity contribution < 1.29 is 27.2 Å². The highest BCUT2D eigenvalue weighted by Crippen LogP contribution is 2.35. The minimum atomic E-state index is -4.65. The smallest absolute Gasteiger partial charge is 0.416 e. The third-order valence-corrected chi connectivity index (χ3v) is 7.32. The molecule has 37 heavy (non-hydrogen) atoms. The lowest BCUT2D eigenvalue weighted by atomic mass is 9.98. The highest BCUT2D eigenvalue weighted by atomic mass is 35.5. The van der Waals surface area contributed by atoms with Crippen LogP contribution in [0.5, 0.6) is 5.88 Å². The fourth-order valence-electron chi connectivity index (χ4n) is 4.33. The van der Waals surface area contributed by atoms with Crippen LogP contribution < -0.4 is 15.4 Å². The van der Waals surface area contributed by atoms with Crippen LogP contribution >= 0.6 is 23.4 Å². The van der Waals surface area contributed by atoms with E-state index in [0.29, 0.717) is 11.7 Å². The number of hydrogen-bond acceptors (Lipinski definition) is 4. The van der Waals surface area contributed by atoms with Crippen LogP contribution in [0.1, 0.15) is 11.1 Å². The Bertz CT molecular complexity index is 1640. The zero-order chi connectivity index (χ0) is 26.5. The molecule has 0 spiro atoms. The van der Waals surface area contributed by atoms with Gasteiger partial charge in [0.1, 0.15) is 12.4 Å². The first kappa shape index (κ1) is 25.2. The van der Waals surface area contributed by atoms with Crippen LogP contribution in [-0.2, 0) is 12.7 Å². The van der Waals surface area contributed by atoms with Crippen molar-refractivity contribution in [2.45, 2.75) is 24.5 Å². The number of thioether (sulfide) groups is 1. The largest absolute Gasteiger partial charge is 0.477 e. The van der Waals surface area contributed by atoms with Crippen molar-refractivity contribution in [3.8, 4) is 28.1 Å². The van der Waals surface area contributed by atoms with E-state index < -0.39 is 23.1 Å². The number of hydrogen-bond donors (Lipinski definition) is 2. The number of pyridine rings is 1. The number of fused-ring (bicyclic) bond motifs is 1. The van der Waals surface area contributed by atoms with Gasteiger partial charge in [0.2, 0.25) is 0 Å². The third-order valence-electron chi connectivity index (χ3n) is 6.03. The van der Waals surface area contributed by atoms with Crippen LogP contribution in [0, 0.1) is 12.7 Å². The molecule has 1 unspecified atom stereocenters. The number of benzene rings is 2. The van der Waals surface area contributed by atoms with E-state index in [1.54, 1.807) is 36.0 Å². The van der Waals surface area contributed by atoms with Gasteiger partial charge in [0.05, 0.1) is 11.8 Å². The zero-order valence-corrected chi connectivity index (χ0v) is 20.8. The van der Waals surface area contributed by atoms with Crippen LogP contribution in [0.25, 0.3) is 27.9 Å². The maximum Gasteiger partial charge on any atom is 0.416 e. The van der Waals surface area contributed by atoms with Crippen molar-refractivity contribution >= 4 is 29.0 Å². The molecular weight excluding hydrogens is 530 g/mol. The van der Waals surface area contributed by atoms with E-state index in [1.807, 2.05) is 0 Å². The van der Waals surface area contributed by atoms with Gasteiger partial charge in [-0.15, -0.1) is 0 Å². The van der Waals surface area contributed by atoms with Crippen LogP contribution in [0.15, 0.2) is 76.7 Å². The summed E-state index contributed by atoms with van der Waals surface area (Å²) in [6.45, 7) is 2.01. The summed E-state index contributed by atoms with van der Waals surface area (Å²) in [5, 5.41) is 14.3. The standard InChI is InChI=1S/C26H18ClF4N3O2S/c1-14-4-3-9-33-22(14)34(13-18-12-32-25(27)37-18)24(36)21(23(33)35)16-6-2-5-15(10-16)19-11-17(26(29,30)31)7-8-20(19)28/h2-12,25,32H,13H2,1H3/p+1. The van der Waals surface area contributed by atoms with E-state index in [4.69, 9.17) is 11.6 Å². The average Bonchev–Trinajstić information content (AvgIpc) is 3.26. The van der Waals surface area contributed by atoms with Gasteiger partial charge in [-0.3, -0.25) is 0 Å². The lowest BCUT2D eigenvalue weighted by molar-refractivity contribution is -0.671. The molecule has 2 N–H and O–H groups in total. The first-order chi connectivity index (χ1) is 17.5. The number of allylic oxidation sites excluding steroid dienone is 1. The summed E-state index contributed by atoms with van der Waals surface area (Å²) < 4.78 is 57.3. The molecule has 1 aliphatic rings. The maximum atomic E-state index is 14.6. The first-order valence-electron chi connectivity index (χ1n) is 11.0. The minimum absolute atomic E-state index is 0.0729. The van der Waals surface area contributed by atoms with Gasteiger partial charge in [0, 0.05) is 22.2 Å². The summed E-state index contributed by atoms with van der Waals surface area (Å²) in [6.07, 6.45) is -1.35. The summed E-state index contributed by atoms with van der Waals surface area (Å²) >= 11 is 7.47. The second kappa shape index (κ2) is 9.42. The fraction of sp³-hybridized carbons (Fsp3) is 0.154. The molecule has 2 aromatic heterocycles. The summed E-state index contributed by atoms with van der Waals surface area (Å²) in [5.41, 5.74) is -0.315. The number of nitrogens with zero attached hydrogens (tertiary/aromatic N) is 2. The molecule has 0 saturated carbocycles. The van der Waals surface area contributed by atoms with E-state index in [0.717, 1.165) is 22.6 Å². The molecule has 0 radical (unpaired) electrons. The van der Waals surface area contributed by atoms with Gasteiger partial charge >= 0.3 is 11.7 Å². The Morgan fingerprint density at radius 3 is 2.59 bits per heavy atom. The van der Waals surface area contributed by atoms with Crippen LogP contribution in [0.2, 0.25) is 0 Å². The van der Waals surface area contributed by atoms with Crippen molar-refractivity contribution in [3.05, 3.63) is 99.2 Å². The quantitative estimate of drug-likeness (QED) is 0.147. The molecular formula is C26H19ClF4N3O2S+. The predicted molar refractivity (Wildman–Crippen MR) is 135 cm³/mol. The number of alkyl halides is 4. The Labute approximate surface area is 217 Å². The predicted octanol–water partition coefficient (Wildman–Crippen LogP) is 5.79. The van der Waals surface area contributed by atoms with E-state index in [2.05, 4.69) is 5.32 Å². The van der Waals surface area contributed by atoms with Crippen molar-refractivity contribution in [3.63, 3.8) is 0 Å². The molecule has 11 heteroatoms. The second-order valence-electron chi connectivity index (χ2n) is 8.46. The van der Waals surface area contributed by atoms with Crippen LogP contribution in [-0.4, -0.2) is 14.3 Å². The van der Waals surface area contributed by atoms with E-state index in [-0.39, 0.29) is 39.5 Å². The van der Waals surface area contributed by atoms with Crippen molar-refractivity contribution in [1.82, 2.24) is 9.72 Å². The minimum Gasteiger partial charge on any atom is -0.477 e. The Balaban J connectivity index is 1.71. The van der Waals surface area contributed by atoms with Gasteiger partial charge in [0.15, 0.2) is 10.4 Å². The van der Waals surface area contributed by atoms with Gasteiger partial charge in [-0.1, -0.05) is 41.6 Å². The fourth-order valence-corrected chi connectivity index (χ4v) is 5.48. The summed E-state index contributed by atoms with van der Waals surface area (Å²) in [5.74, 6) is -1.18.